The standard InChI is InChI=1S/C17H16N4O3/c1-11-5-3-4-6-13(11)17-20-16(24-21-17)9-14(22)19-12-7-8-15(23-2)18-10-12/h3-8,10H,9H2,1-2H3,(H,19,22). The summed E-state index contributed by atoms with van der Waals surface area (Å²) in [7, 11) is 1.53. The van der Waals surface area contributed by atoms with Gasteiger partial charge >= 0.3 is 0 Å². The molecule has 0 aliphatic carbocycles. The van der Waals surface area contributed by atoms with Crippen molar-refractivity contribution in [1.82, 2.24) is 15.1 Å². The molecule has 0 spiro atoms. The first-order valence-corrected chi connectivity index (χ1v) is 7.34. The quantitative estimate of drug-likeness (QED) is 0.776. The monoisotopic (exact) mass is 324 g/mol. The molecule has 3 rings (SSSR count). The molecule has 7 nitrogen and oxygen atoms in total. The number of ether oxygens (including phenoxy) is 1. The summed E-state index contributed by atoms with van der Waals surface area (Å²) in [5.74, 6) is 0.948. The zero-order valence-electron chi connectivity index (χ0n) is 13.3. The number of carbonyl (C=O) groups excluding carboxylic acids is 1. The second-order valence-electron chi connectivity index (χ2n) is 5.14. The topological polar surface area (TPSA) is 90.1 Å². The Bertz CT molecular complexity index is 843. The van der Waals surface area contributed by atoms with Crippen molar-refractivity contribution in [3.63, 3.8) is 0 Å². The summed E-state index contributed by atoms with van der Waals surface area (Å²) in [5, 5.41) is 6.65. The minimum absolute atomic E-state index is 0.00902. The highest BCUT2D eigenvalue weighted by atomic mass is 16.5. The summed E-state index contributed by atoms with van der Waals surface area (Å²) < 4.78 is 10.1. The molecule has 0 saturated carbocycles. The van der Waals surface area contributed by atoms with Crippen LogP contribution in [0.3, 0.4) is 0 Å². The van der Waals surface area contributed by atoms with Crippen LogP contribution in [0.5, 0.6) is 5.88 Å². The van der Waals surface area contributed by atoms with Crippen LogP contribution in [0.4, 0.5) is 5.69 Å². The first kappa shape index (κ1) is 15.7. The van der Waals surface area contributed by atoms with Gasteiger partial charge in [0.05, 0.1) is 19.0 Å². The largest absolute Gasteiger partial charge is 0.481 e. The summed E-state index contributed by atoms with van der Waals surface area (Å²) in [6.45, 7) is 1.97. The average Bonchev–Trinajstić information content (AvgIpc) is 3.04. The fourth-order valence-electron chi connectivity index (χ4n) is 2.18. The van der Waals surface area contributed by atoms with Crippen molar-refractivity contribution < 1.29 is 14.1 Å². The number of carbonyl (C=O) groups is 1. The molecule has 1 N–H and O–H groups in total. The van der Waals surface area contributed by atoms with Crippen LogP contribution < -0.4 is 10.1 Å². The molecule has 24 heavy (non-hydrogen) atoms. The second-order valence-corrected chi connectivity index (χ2v) is 5.14. The zero-order chi connectivity index (χ0) is 16.9. The van der Waals surface area contributed by atoms with E-state index < -0.39 is 0 Å². The molecule has 0 atom stereocenters. The molecule has 2 heterocycles. The average molecular weight is 324 g/mol. The summed E-state index contributed by atoms with van der Waals surface area (Å²) >= 11 is 0. The van der Waals surface area contributed by atoms with Gasteiger partial charge in [-0.1, -0.05) is 29.4 Å². The van der Waals surface area contributed by atoms with Crippen molar-refractivity contribution in [3.05, 3.63) is 54.0 Å². The molecule has 1 amide bonds. The number of amides is 1. The van der Waals surface area contributed by atoms with E-state index in [9.17, 15) is 4.79 Å². The molecule has 3 aromatic rings. The highest BCUT2D eigenvalue weighted by molar-refractivity contribution is 5.91. The van der Waals surface area contributed by atoms with Crippen LogP contribution in [0.1, 0.15) is 11.5 Å². The maximum absolute atomic E-state index is 12.1. The Hall–Kier alpha value is -3.22. The van der Waals surface area contributed by atoms with Gasteiger partial charge in [0.1, 0.15) is 6.42 Å². The number of pyridine rings is 1. The second kappa shape index (κ2) is 6.91. The van der Waals surface area contributed by atoms with Crippen LogP contribution in [0.25, 0.3) is 11.4 Å². The number of nitrogens with one attached hydrogen (secondary N) is 1. The number of anilines is 1. The lowest BCUT2D eigenvalue weighted by molar-refractivity contribution is -0.115. The maximum Gasteiger partial charge on any atom is 0.236 e. The van der Waals surface area contributed by atoms with E-state index in [1.165, 1.54) is 13.3 Å². The molecule has 2 aromatic heterocycles. The molecule has 0 radical (unpaired) electrons. The van der Waals surface area contributed by atoms with Crippen LogP contribution in [-0.4, -0.2) is 28.1 Å². The number of rotatable bonds is 5. The van der Waals surface area contributed by atoms with Crippen molar-refractivity contribution in [3.8, 4) is 17.3 Å². The van der Waals surface area contributed by atoms with Gasteiger partial charge < -0.3 is 14.6 Å². The number of hydrogen-bond donors (Lipinski definition) is 1. The van der Waals surface area contributed by atoms with Crippen molar-refractivity contribution in [2.24, 2.45) is 0 Å². The van der Waals surface area contributed by atoms with Crippen LogP contribution >= 0.6 is 0 Å². The Morgan fingerprint density at radius 3 is 2.79 bits per heavy atom. The number of hydrogen-bond acceptors (Lipinski definition) is 6. The van der Waals surface area contributed by atoms with Gasteiger partial charge in [-0.05, 0) is 18.6 Å². The van der Waals surface area contributed by atoms with Gasteiger partial charge in [0.15, 0.2) is 0 Å². The van der Waals surface area contributed by atoms with E-state index in [-0.39, 0.29) is 18.2 Å². The maximum atomic E-state index is 12.1. The molecule has 1 aromatic carbocycles. The number of nitrogens with zero attached hydrogens (tertiary/aromatic N) is 3. The van der Waals surface area contributed by atoms with E-state index >= 15 is 0 Å². The van der Waals surface area contributed by atoms with E-state index in [0.717, 1.165) is 11.1 Å². The molecular weight excluding hydrogens is 308 g/mol. The van der Waals surface area contributed by atoms with E-state index in [1.54, 1.807) is 12.1 Å². The highest BCUT2D eigenvalue weighted by Crippen LogP contribution is 2.20. The summed E-state index contributed by atoms with van der Waals surface area (Å²) in [6, 6.07) is 11.1. The van der Waals surface area contributed by atoms with Crippen LogP contribution in [-0.2, 0) is 11.2 Å². The molecule has 0 aliphatic heterocycles. The van der Waals surface area contributed by atoms with Gasteiger partial charge in [0, 0.05) is 11.6 Å². The Morgan fingerprint density at radius 2 is 2.08 bits per heavy atom. The zero-order valence-corrected chi connectivity index (χ0v) is 13.3. The smallest absolute Gasteiger partial charge is 0.236 e. The SMILES string of the molecule is COc1ccc(NC(=O)Cc2nc(-c3ccccc3C)no2)cn1. The van der Waals surface area contributed by atoms with E-state index in [1.807, 2.05) is 31.2 Å². The highest BCUT2D eigenvalue weighted by Gasteiger charge is 2.14. The third-order valence-electron chi connectivity index (χ3n) is 3.40. The van der Waals surface area contributed by atoms with Crippen LogP contribution in [0, 0.1) is 6.92 Å². The van der Waals surface area contributed by atoms with E-state index in [2.05, 4.69) is 20.4 Å². The molecule has 0 unspecified atom stereocenters. The van der Waals surface area contributed by atoms with Crippen molar-refractivity contribution >= 4 is 11.6 Å². The Kier molecular flexibility index (Phi) is 4.51. The summed E-state index contributed by atoms with van der Waals surface area (Å²) in [5.41, 5.74) is 2.49. The molecule has 0 bridgehead atoms. The Balaban J connectivity index is 1.66. The number of aromatic nitrogens is 3. The van der Waals surface area contributed by atoms with Gasteiger partial charge in [-0.15, -0.1) is 0 Å². The third kappa shape index (κ3) is 3.57. The lowest BCUT2D eigenvalue weighted by atomic mass is 10.1. The summed E-state index contributed by atoms with van der Waals surface area (Å²) in [6.07, 6.45) is 1.51. The first-order valence-electron chi connectivity index (χ1n) is 7.34. The number of benzene rings is 1. The van der Waals surface area contributed by atoms with Crippen molar-refractivity contribution in [2.45, 2.75) is 13.3 Å². The van der Waals surface area contributed by atoms with Gasteiger partial charge in [-0.2, -0.15) is 4.98 Å². The fourth-order valence-corrected chi connectivity index (χ4v) is 2.18. The minimum atomic E-state index is -0.262. The Morgan fingerprint density at radius 1 is 1.25 bits per heavy atom. The molecule has 122 valence electrons. The number of methoxy groups -OCH3 is 1. The van der Waals surface area contributed by atoms with Gasteiger partial charge in [-0.3, -0.25) is 4.79 Å². The molecule has 0 fully saturated rings. The van der Waals surface area contributed by atoms with Gasteiger partial charge in [-0.25, -0.2) is 4.98 Å². The Labute approximate surface area is 138 Å². The fraction of sp³-hybridized carbons (Fsp3) is 0.176. The molecule has 0 aliphatic rings. The predicted molar refractivity (Wildman–Crippen MR) is 87.6 cm³/mol. The predicted octanol–water partition coefficient (Wildman–Crippen LogP) is 2.63. The molecule has 7 heteroatoms. The van der Waals surface area contributed by atoms with Gasteiger partial charge in [0.2, 0.25) is 23.5 Å². The summed E-state index contributed by atoms with van der Waals surface area (Å²) in [4.78, 5) is 20.3. The van der Waals surface area contributed by atoms with Crippen molar-refractivity contribution in [2.75, 3.05) is 12.4 Å². The normalized spacial score (nSPS) is 10.4. The minimum Gasteiger partial charge on any atom is -0.481 e. The molecular formula is C17H16N4O3. The molecule has 0 saturated heterocycles. The lowest BCUT2D eigenvalue weighted by Crippen LogP contribution is -2.14. The van der Waals surface area contributed by atoms with E-state index in [4.69, 9.17) is 9.26 Å². The third-order valence-corrected chi connectivity index (χ3v) is 3.40. The van der Waals surface area contributed by atoms with Crippen molar-refractivity contribution in [1.29, 1.82) is 0 Å². The van der Waals surface area contributed by atoms with Crippen LogP contribution in [0.2, 0.25) is 0 Å². The van der Waals surface area contributed by atoms with Crippen LogP contribution in [0.15, 0.2) is 47.1 Å². The first-order chi connectivity index (χ1) is 11.7. The lowest BCUT2D eigenvalue weighted by Gasteiger charge is -2.03. The number of aryl methyl sites for hydroxylation is 1. The van der Waals surface area contributed by atoms with E-state index in [0.29, 0.717) is 17.4 Å². The van der Waals surface area contributed by atoms with Gasteiger partial charge in [0.25, 0.3) is 0 Å².